The van der Waals surface area contributed by atoms with Crippen molar-refractivity contribution in [1.29, 1.82) is 0 Å². The first-order valence-electron chi connectivity index (χ1n) is 9.51. The summed E-state index contributed by atoms with van der Waals surface area (Å²) in [5, 5.41) is 3.93. The third kappa shape index (κ3) is 4.24. The molecule has 0 saturated carbocycles. The topological polar surface area (TPSA) is 45.1 Å². The molecule has 1 unspecified atom stereocenters. The van der Waals surface area contributed by atoms with Gasteiger partial charge < -0.3 is 14.6 Å². The number of benzene rings is 2. The molecule has 0 N–H and O–H groups in total. The van der Waals surface area contributed by atoms with Crippen LogP contribution in [0.3, 0.4) is 0 Å². The third-order valence-electron chi connectivity index (χ3n) is 5.23. The van der Waals surface area contributed by atoms with Crippen molar-refractivity contribution in [3.8, 4) is 0 Å². The standard InChI is InChI=1S/C21H19F4N3O2/c22-16-5-1-3-14(11-16)18-13-19(30-26-18)20(29)28-9-7-27(8-10-28)17-6-2-4-15(12-17)21(23,24)25/h1-6,11-12,19H,7-10,13H2. The Kier molecular flexibility index (Phi) is 5.36. The Morgan fingerprint density at radius 2 is 1.77 bits per heavy atom. The number of amides is 1. The fourth-order valence-corrected chi connectivity index (χ4v) is 3.62. The second-order valence-corrected chi connectivity index (χ2v) is 7.21. The first kappa shape index (κ1) is 20.2. The molecule has 0 radical (unpaired) electrons. The normalized spacial score (nSPS) is 19.5. The SMILES string of the molecule is O=C(C1CC(c2cccc(F)c2)=NO1)N1CCN(c2cccc(C(F)(F)F)c2)CC1. The van der Waals surface area contributed by atoms with Gasteiger partial charge in [0.15, 0.2) is 0 Å². The van der Waals surface area contributed by atoms with Crippen LogP contribution in [0.15, 0.2) is 53.7 Å². The summed E-state index contributed by atoms with van der Waals surface area (Å²) in [6.07, 6.45) is -4.92. The Hall–Kier alpha value is -3.10. The number of oxime groups is 1. The van der Waals surface area contributed by atoms with E-state index in [4.69, 9.17) is 4.84 Å². The van der Waals surface area contributed by atoms with E-state index in [0.29, 0.717) is 43.1 Å². The molecule has 1 atom stereocenters. The van der Waals surface area contributed by atoms with Crippen LogP contribution in [0, 0.1) is 5.82 Å². The minimum Gasteiger partial charge on any atom is -0.382 e. The van der Waals surface area contributed by atoms with Gasteiger partial charge in [0, 0.05) is 43.9 Å². The lowest BCUT2D eigenvalue weighted by Gasteiger charge is -2.36. The largest absolute Gasteiger partial charge is 0.416 e. The Labute approximate surface area is 170 Å². The van der Waals surface area contributed by atoms with E-state index in [1.165, 1.54) is 18.2 Å². The van der Waals surface area contributed by atoms with Gasteiger partial charge in [-0.05, 0) is 30.3 Å². The number of hydrogen-bond acceptors (Lipinski definition) is 4. The number of carbonyl (C=O) groups excluding carboxylic acids is 1. The molecule has 2 heterocycles. The Morgan fingerprint density at radius 3 is 2.47 bits per heavy atom. The summed E-state index contributed by atoms with van der Waals surface area (Å²) >= 11 is 0. The fourth-order valence-electron chi connectivity index (χ4n) is 3.62. The first-order valence-corrected chi connectivity index (χ1v) is 9.51. The summed E-state index contributed by atoms with van der Waals surface area (Å²) in [6.45, 7) is 1.56. The van der Waals surface area contributed by atoms with Crippen molar-refractivity contribution in [2.75, 3.05) is 31.1 Å². The van der Waals surface area contributed by atoms with E-state index < -0.39 is 23.7 Å². The zero-order valence-corrected chi connectivity index (χ0v) is 15.9. The van der Waals surface area contributed by atoms with Crippen LogP contribution in [0.1, 0.15) is 17.5 Å². The zero-order valence-electron chi connectivity index (χ0n) is 15.9. The molecule has 30 heavy (non-hydrogen) atoms. The zero-order chi connectivity index (χ0) is 21.3. The van der Waals surface area contributed by atoms with E-state index in [2.05, 4.69) is 5.16 Å². The Balaban J connectivity index is 1.34. The molecule has 2 aromatic carbocycles. The quantitative estimate of drug-likeness (QED) is 0.711. The molecule has 0 aliphatic carbocycles. The van der Waals surface area contributed by atoms with Gasteiger partial charge in [-0.1, -0.05) is 23.4 Å². The summed E-state index contributed by atoms with van der Waals surface area (Å²) < 4.78 is 52.2. The Morgan fingerprint density at radius 1 is 1.03 bits per heavy atom. The number of halogens is 4. The smallest absolute Gasteiger partial charge is 0.382 e. The molecule has 4 rings (SSSR count). The molecular formula is C21H19F4N3O2. The van der Waals surface area contributed by atoms with Crippen LogP contribution < -0.4 is 4.90 Å². The van der Waals surface area contributed by atoms with Gasteiger partial charge in [-0.15, -0.1) is 0 Å². The van der Waals surface area contributed by atoms with Gasteiger partial charge in [0.05, 0.1) is 11.3 Å². The minimum absolute atomic E-state index is 0.228. The van der Waals surface area contributed by atoms with Crippen molar-refractivity contribution in [1.82, 2.24) is 4.90 Å². The maximum Gasteiger partial charge on any atom is 0.416 e. The highest BCUT2D eigenvalue weighted by Gasteiger charge is 2.35. The summed E-state index contributed by atoms with van der Waals surface area (Å²) in [7, 11) is 0. The van der Waals surface area contributed by atoms with Gasteiger partial charge in [0.2, 0.25) is 6.10 Å². The minimum atomic E-state index is -4.40. The van der Waals surface area contributed by atoms with Crippen LogP contribution in [-0.4, -0.2) is 48.8 Å². The Bertz CT molecular complexity index is 969. The monoisotopic (exact) mass is 421 g/mol. The van der Waals surface area contributed by atoms with Crippen LogP contribution in [0.25, 0.3) is 0 Å². The fraction of sp³-hybridized carbons (Fsp3) is 0.333. The number of alkyl halides is 3. The van der Waals surface area contributed by atoms with Crippen LogP contribution in [0.5, 0.6) is 0 Å². The number of nitrogens with zero attached hydrogens (tertiary/aromatic N) is 3. The maximum atomic E-state index is 13.4. The lowest BCUT2D eigenvalue weighted by atomic mass is 10.0. The van der Waals surface area contributed by atoms with Crippen molar-refractivity contribution in [2.24, 2.45) is 5.16 Å². The molecular weight excluding hydrogens is 402 g/mol. The van der Waals surface area contributed by atoms with Gasteiger partial charge in [-0.2, -0.15) is 13.2 Å². The average molecular weight is 421 g/mol. The van der Waals surface area contributed by atoms with Crippen molar-refractivity contribution < 1.29 is 27.2 Å². The second kappa shape index (κ2) is 7.97. The van der Waals surface area contributed by atoms with Crippen molar-refractivity contribution in [3.63, 3.8) is 0 Å². The highest BCUT2D eigenvalue weighted by molar-refractivity contribution is 6.04. The molecule has 2 aliphatic heterocycles. The molecule has 0 bridgehead atoms. The van der Waals surface area contributed by atoms with E-state index in [1.807, 2.05) is 4.90 Å². The molecule has 9 heteroatoms. The average Bonchev–Trinajstić information content (AvgIpc) is 3.23. The van der Waals surface area contributed by atoms with Crippen LogP contribution in [-0.2, 0) is 15.8 Å². The summed E-state index contributed by atoms with van der Waals surface area (Å²) in [6, 6.07) is 11.1. The predicted octanol–water partition coefficient (Wildman–Crippen LogP) is 3.69. The lowest BCUT2D eigenvalue weighted by molar-refractivity contribution is -0.142. The van der Waals surface area contributed by atoms with Gasteiger partial charge >= 0.3 is 6.18 Å². The molecule has 1 fully saturated rings. The number of hydrogen-bond donors (Lipinski definition) is 0. The molecule has 1 amide bonds. The summed E-state index contributed by atoms with van der Waals surface area (Å²) in [5.41, 5.74) is 0.862. The van der Waals surface area contributed by atoms with Crippen molar-refractivity contribution >= 4 is 17.3 Å². The van der Waals surface area contributed by atoms with Gasteiger partial charge in [-0.3, -0.25) is 4.79 Å². The van der Waals surface area contributed by atoms with E-state index in [1.54, 1.807) is 23.1 Å². The molecule has 0 spiro atoms. The first-order chi connectivity index (χ1) is 14.3. The van der Waals surface area contributed by atoms with E-state index in [0.717, 1.165) is 12.1 Å². The lowest BCUT2D eigenvalue weighted by Crippen LogP contribution is -2.51. The summed E-state index contributed by atoms with van der Waals surface area (Å²) in [5.74, 6) is -0.621. The molecule has 5 nitrogen and oxygen atoms in total. The van der Waals surface area contributed by atoms with Crippen molar-refractivity contribution in [2.45, 2.75) is 18.7 Å². The maximum absolute atomic E-state index is 13.4. The second-order valence-electron chi connectivity index (χ2n) is 7.21. The van der Waals surface area contributed by atoms with Crippen molar-refractivity contribution in [3.05, 3.63) is 65.5 Å². The predicted molar refractivity (Wildman–Crippen MR) is 103 cm³/mol. The molecule has 0 aromatic heterocycles. The highest BCUT2D eigenvalue weighted by Crippen LogP contribution is 2.32. The third-order valence-corrected chi connectivity index (χ3v) is 5.23. The summed E-state index contributed by atoms with van der Waals surface area (Å²) in [4.78, 5) is 21.5. The van der Waals surface area contributed by atoms with Gasteiger partial charge in [0.1, 0.15) is 5.82 Å². The molecule has 2 aliphatic rings. The van der Waals surface area contributed by atoms with E-state index >= 15 is 0 Å². The van der Waals surface area contributed by atoms with E-state index in [-0.39, 0.29) is 12.3 Å². The van der Waals surface area contributed by atoms with Crippen LogP contribution in [0.4, 0.5) is 23.2 Å². The number of piperazine rings is 1. The number of carbonyl (C=O) groups is 1. The number of anilines is 1. The van der Waals surface area contributed by atoms with Gasteiger partial charge in [-0.25, -0.2) is 4.39 Å². The van der Waals surface area contributed by atoms with Crippen LogP contribution in [0.2, 0.25) is 0 Å². The van der Waals surface area contributed by atoms with E-state index in [9.17, 15) is 22.4 Å². The molecule has 1 saturated heterocycles. The molecule has 158 valence electrons. The number of rotatable bonds is 3. The van der Waals surface area contributed by atoms with Crippen LogP contribution >= 0.6 is 0 Å². The molecule has 2 aromatic rings. The van der Waals surface area contributed by atoms with Gasteiger partial charge in [0.25, 0.3) is 5.91 Å². The highest BCUT2D eigenvalue weighted by atomic mass is 19.4.